The lowest BCUT2D eigenvalue weighted by atomic mass is 9.83. The van der Waals surface area contributed by atoms with Crippen LogP contribution in [-0.4, -0.2) is 21.1 Å². The van der Waals surface area contributed by atoms with E-state index < -0.39 is 11.6 Å². The Labute approximate surface area is 144 Å². The van der Waals surface area contributed by atoms with Crippen LogP contribution in [0.2, 0.25) is 0 Å². The van der Waals surface area contributed by atoms with Gasteiger partial charge < -0.3 is 10.3 Å². The number of amides is 1. The number of aromatic nitrogens is 3. The zero-order chi connectivity index (χ0) is 17.8. The van der Waals surface area contributed by atoms with Crippen molar-refractivity contribution >= 4 is 5.91 Å². The fourth-order valence-corrected chi connectivity index (χ4v) is 2.89. The molecule has 132 valence electrons. The number of carbonyl (C=O) groups excluding carboxylic acids is 1. The SMILES string of the molecule is CCC(NC(=O)CC1CCC1)c1nnc(-c2ccc(F)cc2)[nH]c1=O. The van der Waals surface area contributed by atoms with Gasteiger partial charge in [0.05, 0.1) is 6.04 Å². The number of hydrogen-bond acceptors (Lipinski definition) is 4. The van der Waals surface area contributed by atoms with Gasteiger partial charge in [-0.05, 0) is 49.4 Å². The molecule has 2 aromatic rings. The zero-order valence-electron chi connectivity index (χ0n) is 14.1. The average Bonchev–Trinajstić information content (AvgIpc) is 2.57. The number of aromatic amines is 1. The van der Waals surface area contributed by atoms with Crippen molar-refractivity contribution in [2.24, 2.45) is 5.92 Å². The lowest BCUT2D eigenvalue weighted by Crippen LogP contribution is -2.35. The lowest BCUT2D eigenvalue weighted by molar-refractivity contribution is -0.123. The second kappa shape index (κ2) is 7.55. The van der Waals surface area contributed by atoms with Gasteiger partial charge in [-0.3, -0.25) is 9.59 Å². The first-order valence-corrected chi connectivity index (χ1v) is 8.59. The van der Waals surface area contributed by atoms with Crippen molar-refractivity contribution in [2.75, 3.05) is 0 Å². The van der Waals surface area contributed by atoms with E-state index in [9.17, 15) is 14.0 Å². The monoisotopic (exact) mass is 344 g/mol. The van der Waals surface area contributed by atoms with Crippen LogP contribution >= 0.6 is 0 Å². The highest BCUT2D eigenvalue weighted by atomic mass is 19.1. The van der Waals surface area contributed by atoms with Crippen LogP contribution in [0.4, 0.5) is 4.39 Å². The highest BCUT2D eigenvalue weighted by molar-refractivity contribution is 5.76. The Kier molecular flexibility index (Phi) is 5.21. The Hall–Kier alpha value is -2.57. The maximum absolute atomic E-state index is 13.0. The molecule has 1 aromatic carbocycles. The molecule has 1 aliphatic carbocycles. The molecule has 0 saturated heterocycles. The zero-order valence-corrected chi connectivity index (χ0v) is 14.1. The number of carbonyl (C=O) groups is 1. The van der Waals surface area contributed by atoms with Gasteiger partial charge in [0.1, 0.15) is 5.82 Å². The van der Waals surface area contributed by atoms with Crippen LogP contribution in [0.3, 0.4) is 0 Å². The number of nitrogens with one attached hydrogen (secondary N) is 2. The van der Waals surface area contributed by atoms with Gasteiger partial charge in [-0.25, -0.2) is 4.39 Å². The molecule has 1 unspecified atom stereocenters. The molecule has 2 N–H and O–H groups in total. The van der Waals surface area contributed by atoms with Gasteiger partial charge in [0.15, 0.2) is 11.5 Å². The molecule has 1 atom stereocenters. The van der Waals surface area contributed by atoms with E-state index >= 15 is 0 Å². The van der Waals surface area contributed by atoms with Gasteiger partial charge >= 0.3 is 0 Å². The smallest absolute Gasteiger partial charge is 0.275 e. The van der Waals surface area contributed by atoms with Gasteiger partial charge in [-0.1, -0.05) is 13.3 Å². The number of halogens is 1. The predicted molar refractivity (Wildman–Crippen MR) is 91.2 cm³/mol. The van der Waals surface area contributed by atoms with E-state index in [4.69, 9.17) is 0 Å². The summed E-state index contributed by atoms with van der Waals surface area (Å²) in [4.78, 5) is 27.1. The molecule has 1 heterocycles. The molecule has 1 aliphatic rings. The fraction of sp³-hybridized carbons (Fsp3) is 0.444. The lowest BCUT2D eigenvalue weighted by Gasteiger charge is -2.25. The van der Waals surface area contributed by atoms with E-state index in [0.29, 0.717) is 24.3 Å². The van der Waals surface area contributed by atoms with Crippen molar-refractivity contribution < 1.29 is 9.18 Å². The molecule has 0 aliphatic heterocycles. The molecule has 0 radical (unpaired) electrons. The van der Waals surface area contributed by atoms with Crippen molar-refractivity contribution in [3.05, 3.63) is 46.1 Å². The van der Waals surface area contributed by atoms with E-state index in [1.807, 2.05) is 6.92 Å². The van der Waals surface area contributed by atoms with Crippen molar-refractivity contribution in [1.82, 2.24) is 20.5 Å². The van der Waals surface area contributed by atoms with E-state index in [2.05, 4.69) is 20.5 Å². The minimum atomic E-state index is -0.467. The molecule has 0 spiro atoms. The minimum Gasteiger partial charge on any atom is -0.347 e. The predicted octanol–water partition coefficient (Wildman–Crippen LogP) is 2.73. The van der Waals surface area contributed by atoms with Gasteiger partial charge in [0.25, 0.3) is 5.56 Å². The van der Waals surface area contributed by atoms with Crippen LogP contribution in [0, 0.1) is 11.7 Å². The molecular formula is C18H21FN4O2. The summed E-state index contributed by atoms with van der Waals surface area (Å²) in [5, 5.41) is 10.9. The van der Waals surface area contributed by atoms with Gasteiger partial charge in [0, 0.05) is 12.0 Å². The van der Waals surface area contributed by atoms with E-state index in [-0.39, 0.29) is 23.2 Å². The second-order valence-electron chi connectivity index (χ2n) is 6.42. The highest BCUT2D eigenvalue weighted by Crippen LogP contribution is 2.29. The van der Waals surface area contributed by atoms with Crippen LogP contribution in [-0.2, 0) is 4.79 Å². The largest absolute Gasteiger partial charge is 0.347 e. The van der Waals surface area contributed by atoms with Crippen molar-refractivity contribution in [2.45, 2.75) is 45.1 Å². The molecule has 1 saturated carbocycles. The standard InChI is InChI=1S/C18H21FN4O2/c1-2-14(20-15(24)10-11-4-3-5-11)16-18(25)21-17(23-22-16)12-6-8-13(19)9-7-12/h6-9,11,14H,2-5,10H2,1H3,(H,20,24)(H,21,23,25). The van der Waals surface area contributed by atoms with Crippen molar-refractivity contribution in [3.8, 4) is 11.4 Å². The van der Waals surface area contributed by atoms with E-state index in [0.717, 1.165) is 12.8 Å². The molecule has 1 fully saturated rings. The topological polar surface area (TPSA) is 87.7 Å². The molecular weight excluding hydrogens is 323 g/mol. The third-order valence-electron chi connectivity index (χ3n) is 4.61. The summed E-state index contributed by atoms with van der Waals surface area (Å²) in [7, 11) is 0. The quantitative estimate of drug-likeness (QED) is 0.843. The van der Waals surface area contributed by atoms with Gasteiger partial charge in [-0.15, -0.1) is 10.2 Å². The van der Waals surface area contributed by atoms with Gasteiger partial charge in [0.2, 0.25) is 5.91 Å². The van der Waals surface area contributed by atoms with Crippen LogP contribution in [0.1, 0.15) is 50.8 Å². The molecule has 1 amide bonds. The Morgan fingerprint density at radius 2 is 2.04 bits per heavy atom. The Bertz CT molecular complexity index is 799. The first kappa shape index (κ1) is 17.3. The van der Waals surface area contributed by atoms with Crippen molar-refractivity contribution in [3.63, 3.8) is 0 Å². The van der Waals surface area contributed by atoms with Crippen LogP contribution in [0.15, 0.2) is 29.1 Å². The van der Waals surface area contributed by atoms with Crippen LogP contribution in [0.25, 0.3) is 11.4 Å². The third kappa shape index (κ3) is 4.10. The molecule has 6 nitrogen and oxygen atoms in total. The maximum atomic E-state index is 13.0. The summed E-state index contributed by atoms with van der Waals surface area (Å²) in [6.45, 7) is 1.88. The summed E-state index contributed by atoms with van der Waals surface area (Å²) >= 11 is 0. The molecule has 0 bridgehead atoms. The molecule has 25 heavy (non-hydrogen) atoms. The first-order valence-electron chi connectivity index (χ1n) is 8.59. The van der Waals surface area contributed by atoms with Crippen molar-refractivity contribution in [1.29, 1.82) is 0 Å². The summed E-state index contributed by atoms with van der Waals surface area (Å²) in [6, 6.07) is 5.16. The summed E-state index contributed by atoms with van der Waals surface area (Å²) < 4.78 is 13.0. The Balaban J connectivity index is 1.74. The second-order valence-corrected chi connectivity index (χ2v) is 6.42. The summed E-state index contributed by atoms with van der Waals surface area (Å²) in [5.41, 5.74) is 0.361. The number of benzene rings is 1. The minimum absolute atomic E-state index is 0.0552. The molecule has 3 rings (SSSR count). The van der Waals surface area contributed by atoms with Crippen LogP contribution < -0.4 is 10.9 Å². The summed E-state index contributed by atoms with van der Waals surface area (Å²) in [6.07, 6.45) is 4.42. The molecule has 1 aromatic heterocycles. The highest BCUT2D eigenvalue weighted by Gasteiger charge is 2.24. The Morgan fingerprint density at radius 3 is 2.60 bits per heavy atom. The van der Waals surface area contributed by atoms with Crippen LogP contribution in [0.5, 0.6) is 0 Å². The Morgan fingerprint density at radius 1 is 1.32 bits per heavy atom. The number of nitrogens with zero attached hydrogens (tertiary/aromatic N) is 2. The first-order chi connectivity index (χ1) is 12.1. The normalized spacial score (nSPS) is 15.4. The van der Waals surface area contributed by atoms with E-state index in [1.54, 1.807) is 0 Å². The number of rotatable bonds is 6. The maximum Gasteiger partial charge on any atom is 0.275 e. The molecule has 7 heteroatoms. The number of hydrogen-bond donors (Lipinski definition) is 2. The summed E-state index contributed by atoms with van der Waals surface area (Å²) in [5.74, 6) is 0.309. The van der Waals surface area contributed by atoms with E-state index in [1.165, 1.54) is 30.7 Å². The average molecular weight is 344 g/mol. The number of H-pyrrole nitrogens is 1. The fourth-order valence-electron chi connectivity index (χ4n) is 2.89. The van der Waals surface area contributed by atoms with Gasteiger partial charge in [-0.2, -0.15) is 0 Å². The third-order valence-corrected chi connectivity index (χ3v) is 4.61.